The molecule has 0 saturated heterocycles. The molecule has 10 heteroatoms. The average Bonchev–Trinajstić information content (AvgIpc) is 2.60. The number of aliphatic hydroxyl groups excluding tert-OH is 2. The number of hydrogen-bond donors (Lipinski definition) is 3. The van der Waals surface area contributed by atoms with E-state index in [9.17, 15) is 29.7 Å². The van der Waals surface area contributed by atoms with Crippen LogP contribution in [0.1, 0.15) is 24.8 Å². The minimum absolute atomic E-state index is 0.899. The van der Waals surface area contributed by atoms with Gasteiger partial charge in [-0.1, -0.05) is 0 Å². The Kier molecular flexibility index (Phi) is 4.13. The molecule has 1 rings (SSSR count). The highest BCUT2D eigenvalue weighted by Gasteiger charge is 2.57. The summed E-state index contributed by atoms with van der Waals surface area (Å²) in [5.41, 5.74) is 0. The van der Waals surface area contributed by atoms with Gasteiger partial charge in [-0.15, -0.1) is 0 Å². The lowest BCUT2D eigenvalue weighted by atomic mass is 10.00. The van der Waals surface area contributed by atoms with Gasteiger partial charge in [0.1, 0.15) is 0 Å². The Morgan fingerprint density at radius 1 is 1.23 bits per heavy atom. The van der Waals surface area contributed by atoms with Crippen molar-refractivity contribution in [2.45, 2.75) is 38.7 Å². The summed E-state index contributed by atoms with van der Waals surface area (Å²) in [4.78, 5) is 34.1. The molecule has 0 aliphatic carbocycles. The van der Waals surface area contributed by atoms with Crippen molar-refractivity contribution in [3.8, 4) is 0 Å². The fraction of sp³-hybridized carbons (Fsp3) is 0.583. The molecule has 22 heavy (non-hydrogen) atoms. The van der Waals surface area contributed by atoms with Crippen LogP contribution in [0.5, 0.6) is 0 Å². The molecule has 1 aliphatic rings. The highest BCUT2D eigenvalue weighted by Crippen LogP contribution is 2.36. The Morgan fingerprint density at radius 3 is 2.36 bits per heavy atom. The van der Waals surface area contributed by atoms with Gasteiger partial charge in [0.15, 0.2) is 12.2 Å². The summed E-state index contributed by atoms with van der Waals surface area (Å²) in [5.74, 6) is -9.23. The van der Waals surface area contributed by atoms with Crippen LogP contribution >= 0.6 is 0 Å². The van der Waals surface area contributed by atoms with E-state index in [-0.39, 0.29) is 0 Å². The van der Waals surface area contributed by atoms with E-state index in [2.05, 4.69) is 14.2 Å². The lowest BCUT2D eigenvalue weighted by Gasteiger charge is -2.39. The number of esters is 3. The zero-order valence-electron chi connectivity index (χ0n) is 14.2. The van der Waals surface area contributed by atoms with E-state index in [1.54, 1.807) is 0 Å². The molecule has 0 spiro atoms. The minimum atomic E-state index is -3.15. The Bertz CT molecular complexity index is 565. The molecular formula is C12H16O10. The van der Waals surface area contributed by atoms with Crippen molar-refractivity contribution >= 4 is 17.9 Å². The maximum absolute atomic E-state index is 11.4. The SMILES string of the molecule is [2H]CC(=O)OC1=C(OC(=O)C[2H])[C@](O)(OC(=O)C[2H])[C@@H](O)[C@@H](CO)O1. The van der Waals surface area contributed by atoms with Crippen LogP contribution in [0.4, 0.5) is 0 Å². The van der Waals surface area contributed by atoms with Crippen LogP contribution in [0.2, 0.25) is 0 Å². The molecule has 0 bridgehead atoms. The van der Waals surface area contributed by atoms with Crippen molar-refractivity contribution in [1.29, 1.82) is 0 Å². The zero-order valence-corrected chi connectivity index (χ0v) is 11.2. The Balaban J connectivity index is 3.44. The maximum atomic E-state index is 11.4. The Labute approximate surface area is 129 Å². The van der Waals surface area contributed by atoms with E-state index in [1.807, 2.05) is 0 Å². The summed E-state index contributed by atoms with van der Waals surface area (Å²) in [7, 11) is 0. The van der Waals surface area contributed by atoms with Crippen LogP contribution in [0, 0.1) is 0 Å². The standard InChI is InChI=1S/C12H16O10/c1-5(14)19-10-11(20-6(2)15)21-8(4-13)9(17)12(10,18)22-7(3)16/h8-9,13,17-18H,4H2,1-3H3/t8-,9+,12-/m1/s1/i1D,2D,3D. The normalized spacial score (nSPS) is 29.5. The van der Waals surface area contributed by atoms with Gasteiger partial charge in [0, 0.05) is 24.8 Å². The minimum Gasteiger partial charge on any atom is -0.454 e. The fourth-order valence-electron chi connectivity index (χ4n) is 1.61. The first-order valence-electron chi connectivity index (χ1n) is 7.79. The van der Waals surface area contributed by atoms with Crippen molar-refractivity contribution in [3.05, 3.63) is 11.7 Å². The van der Waals surface area contributed by atoms with Gasteiger partial charge in [-0.05, 0) is 0 Å². The van der Waals surface area contributed by atoms with E-state index >= 15 is 0 Å². The van der Waals surface area contributed by atoms with Crippen LogP contribution in [-0.2, 0) is 33.3 Å². The monoisotopic (exact) mass is 323 g/mol. The van der Waals surface area contributed by atoms with Crippen molar-refractivity contribution in [3.63, 3.8) is 0 Å². The molecule has 0 radical (unpaired) electrons. The van der Waals surface area contributed by atoms with Crippen LogP contribution in [0.25, 0.3) is 0 Å². The molecular weight excluding hydrogens is 304 g/mol. The Hall–Kier alpha value is -2.17. The number of carbonyl (C=O) groups excluding carboxylic acids is 3. The number of hydrogen-bond acceptors (Lipinski definition) is 10. The highest BCUT2D eigenvalue weighted by atomic mass is 16.7. The number of aliphatic hydroxyl groups is 3. The molecule has 0 aromatic heterocycles. The quantitative estimate of drug-likeness (QED) is 0.310. The number of carbonyl (C=O) groups is 3. The summed E-state index contributed by atoms with van der Waals surface area (Å²) >= 11 is 0. The first-order chi connectivity index (χ1) is 11.7. The number of rotatable bonds is 4. The second-order valence-corrected chi connectivity index (χ2v) is 4.02. The number of ether oxygens (including phenoxy) is 4. The van der Waals surface area contributed by atoms with Gasteiger partial charge in [0.2, 0.25) is 0 Å². The highest BCUT2D eigenvalue weighted by molar-refractivity contribution is 5.70. The van der Waals surface area contributed by atoms with Gasteiger partial charge < -0.3 is 34.3 Å². The molecule has 124 valence electrons. The largest absolute Gasteiger partial charge is 0.454 e. The first kappa shape index (κ1) is 13.5. The summed E-state index contributed by atoms with van der Waals surface area (Å²) in [6.07, 6.45) is -3.87. The fourth-order valence-corrected chi connectivity index (χ4v) is 1.61. The summed E-state index contributed by atoms with van der Waals surface area (Å²) in [6.45, 7) is -3.78. The van der Waals surface area contributed by atoms with E-state index in [0.29, 0.717) is 0 Å². The molecule has 0 fully saturated rings. The molecule has 0 aromatic carbocycles. The predicted molar refractivity (Wildman–Crippen MR) is 65.2 cm³/mol. The average molecular weight is 323 g/mol. The summed E-state index contributed by atoms with van der Waals surface area (Å²) < 4.78 is 39.3. The second-order valence-electron chi connectivity index (χ2n) is 4.02. The summed E-state index contributed by atoms with van der Waals surface area (Å²) in [5, 5.41) is 29.8. The van der Waals surface area contributed by atoms with Gasteiger partial charge >= 0.3 is 29.6 Å². The molecule has 3 atom stereocenters. The van der Waals surface area contributed by atoms with Crippen molar-refractivity contribution in [2.24, 2.45) is 0 Å². The predicted octanol–water partition coefficient (Wildman–Crippen LogP) is -1.71. The molecule has 1 heterocycles. The van der Waals surface area contributed by atoms with Crippen molar-refractivity contribution < 1.29 is 52.8 Å². The van der Waals surface area contributed by atoms with E-state index < -0.39 is 74.9 Å². The van der Waals surface area contributed by atoms with Crippen molar-refractivity contribution in [1.82, 2.24) is 0 Å². The zero-order chi connectivity index (χ0) is 19.2. The van der Waals surface area contributed by atoms with Crippen LogP contribution in [0.3, 0.4) is 0 Å². The first-order valence-corrected chi connectivity index (χ1v) is 5.67. The third-order valence-electron chi connectivity index (χ3n) is 2.39. The van der Waals surface area contributed by atoms with E-state index in [1.165, 1.54) is 0 Å². The summed E-state index contributed by atoms with van der Waals surface area (Å²) in [6, 6.07) is 0. The van der Waals surface area contributed by atoms with E-state index in [4.69, 9.17) is 8.85 Å². The topological polar surface area (TPSA) is 149 Å². The molecule has 1 aliphatic heterocycles. The lowest BCUT2D eigenvalue weighted by molar-refractivity contribution is -0.282. The molecule has 3 N–H and O–H groups in total. The molecule has 0 saturated carbocycles. The van der Waals surface area contributed by atoms with Gasteiger partial charge in [-0.25, -0.2) is 0 Å². The molecule has 0 aromatic rings. The van der Waals surface area contributed by atoms with Gasteiger partial charge in [-0.2, -0.15) is 0 Å². The Morgan fingerprint density at radius 2 is 1.82 bits per heavy atom. The van der Waals surface area contributed by atoms with E-state index in [0.717, 1.165) is 0 Å². The third kappa shape index (κ3) is 3.72. The maximum Gasteiger partial charge on any atom is 0.335 e. The smallest absolute Gasteiger partial charge is 0.335 e. The van der Waals surface area contributed by atoms with Gasteiger partial charge in [0.25, 0.3) is 5.76 Å². The second kappa shape index (κ2) is 6.73. The third-order valence-corrected chi connectivity index (χ3v) is 2.39. The van der Waals surface area contributed by atoms with Crippen LogP contribution in [0.15, 0.2) is 11.7 Å². The molecule has 10 nitrogen and oxygen atoms in total. The van der Waals surface area contributed by atoms with Crippen LogP contribution < -0.4 is 0 Å². The van der Waals surface area contributed by atoms with Crippen LogP contribution in [-0.4, -0.2) is 57.8 Å². The molecule has 0 unspecified atom stereocenters. The van der Waals surface area contributed by atoms with Gasteiger partial charge in [-0.3, -0.25) is 14.4 Å². The molecule has 0 amide bonds. The lowest BCUT2D eigenvalue weighted by Crippen LogP contribution is -2.59. The van der Waals surface area contributed by atoms with Gasteiger partial charge in [0.05, 0.1) is 6.61 Å². The van der Waals surface area contributed by atoms with Crippen molar-refractivity contribution in [2.75, 3.05) is 6.61 Å².